The highest BCUT2D eigenvalue weighted by Crippen LogP contribution is 2.27. The summed E-state index contributed by atoms with van der Waals surface area (Å²) in [6.45, 7) is 6.19. The number of rotatable bonds is 5. The van der Waals surface area contributed by atoms with Crippen LogP contribution in [0.4, 0.5) is 0 Å². The average molecular weight is 261 g/mol. The highest BCUT2D eigenvalue weighted by molar-refractivity contribution is 8.00. The van der Waals surface area contributed by atoms with E-state index in [9.17, 15) is 4.79 Å². The number of primary amides is 1. The predicted octanol–water partition coefficient (Wildman–Crippen LogP) is 2.19. The van der Waals surface area contributed by atoms with Gasteiger partial charge in [0.25, 0.3) is 0 Å². The Morgan fingerprint density at radius 3 is 3.00 bits per heavy atom. The highest BCUT2D eigenvalue weighted by atomic mass is 32.2. The molecule has 0 fully saturated rings. The number of benzene rings is 1. The number of nitrogens with two attached hydrogens (primary N) is 1. The quantitative estimate of drug-likeness (QED) is 0.663. The molecule has 1 heterocycles. The molecule has 18 heavy (non-hydrogen) atoms. The summed E-state index contributed by atoms with van der Waals surface area (Å²) in [6.07, 6.45) is 1.81. The third kappa shape index (κ3) is 2.41. The lowest BCUT2D eigenvalue weighted by Crippen LogP contribution is -2.23. The van der Waals surface area contributed by atoms with Crippen LogP contribution in [0, 0.1) is 0 Å². The van der Waals surface area contributed by atoms with Crippen LogP contribution in [-0.4, -0.2) is 20.7 Å². The van der Waals surface area contributed by atoms with E-state index in [0.717, 1.165) is 16.2 Å². The molecule has 2 aromatic rings. The second-order valence-corrected chi connectivity index (χ2v) is 5.25. The van der Waals surface area contributed by atoms with Crippen molar-refractivity contribution in [3.63, 3.8) is 0 Å². The van der Waals surface area contributed by atoms with Gasteiger partial charge in [0.2, 0.25) is 5.91 Å². The molecule has 2 rings (SSSR count). The first-order valence-electron chi connectivity index (χ1n) is 5.65. The van der Waals surface area contributed by atoms with E-state index < -0.39 is 0 Å². The molecular formula is C13H15N3OS. The van der Waals surface area contributed by atoms with Gasteiger partial charge in [0, 0.05) is 6.54 Å². The number of amides is 1. The number of hydrogen-bond donors (Lipinski definition) is 1. The van der Waals surface area contributed by atoms with E-state index in [4.69, 9.17) is 5.73 Å². The van der Waals surface area contributed by atoms with E-state index in [1.165, 1.54) is 11.8 Å². The molecule has 4 nitrogen and oxygen atoms in total. The first-order valence-corrected chi connectivity index (χ1v) is 6.53. The Labute approximate surface area is 110 Å². The second-order valence-electron chi connectivity index (χ2n) is 3.94. The fourth-order valence-electron chi connectivity index (χ4n) is 1.67. The molecule has 0 spiro atoms. The topological polar surface area (TPSA) is 60.9 Å². The summed E-state index contributed by atoms with van der Waals surface area (Å²) in [4.78, 5) is 15.7. The lowest BCUT2D eigenvalue weighted by atomic mass is 10.3. The van der Waals surface area contributed by atoms with Crippen molar-refractivity contribution >= 4 is 28.7 Å². The van der Waals surface area contributed by atoms with Crippen molar-refractivity contribution in [1.29, 1.82) is 0 Å². The fourth-order valence-corrected chi connectivity index (χ4v) is 2.55. The lowest BCUT2D eigenvalue weighted by Gasteiger charge is -2.08. The van der Waals surface area contributed by atoms with Gasteiger partial charge in [0.15, 0.2) is 5.16 Å². The average Bonchev–Trinajstić information content (AvgIpc) is 2.68. The number of hydrogen-bond acceptors (Lipinski definition) is 3. The zero-order valence-corrected chi connectivity index (χ0v) is 11.0. The van der Waals surface area contributed by atoms with Gasteiger partial charge in [-0.1, -0.05) is 30.0 Å². The summed E-state index contributed by atoms with van der Waals surface area (Å²) < 4.78 is 2.03. The number of thioether (sulfide) groups is 1. The number of nitrogens with zero attached hydrogens (tertiary/aromatic N) is 2. The fraction of sp³-hybridized carbons (Fsp3) is 0.231. The minimum absolute atomic E-state index is 0.301. The van der Waals surface area contributed by atoms with Crippen molar-refractivity contribution in [3.05, 3.63) is 36.9 Å². The maximum absolute atomic E-state index is 11.1. The van der Waals surface area contributed by atoms with Gasteiger partial charge >= 0.3 is 0 Å². The minimum Gasteiger partial charge on any atom is -0.369 e. The van der Waals surface area contributed by atoms with Gasteiger partial charge in [-0.05, 0) is 19.1 Å². The number of para-hydroxylation sites is 2. The zero-order chi connectivity index (χ0) is 13.1. The molecule has 0 aliphatic heterocycles. The number of carbonyl (C=O) groups is 1. The summed E-state index contributed by atoms with van der Waals surface area (Å²) in [5.41, 5.74) is 7.24. The number of allylic oxidation sites excluding steroid dienone is 1. The van der Waals surface area contributed by atoms with Gasteiger partial charge in [-0.2, -0.15) is 0 Å². The first kappa shape index (κ1) is 12.7. The Balaban J connectivity index is 2.45. The molecule has 94 valence electrons. The molecule has 0 unspecified atom stereocenters. The van der Waals surface area contributed by atoms with Crippen LogP contribution in [0.2, 0.25) is 0 Å². The largest absolute Gasteiger partial charge is 0.369 e. The van der Waals surface area contributed by atoms with Crippen LogP contribution >= 0.6 is 11.8 Å². The van der Waals surface area contributed by atoms with Crippen LogP contribution in [0.3, 0.4) is 0 Å². The van der Waals surface area contributed by atoms with Gasteiger partial charge < -0.3 is 10.3 Å². The predicted molar refractivity (Wildman–Crippen MR) is 74.4 cm³/mol. The molecule has 0 saturated carbocycles. The van der Waals surface area contributed by atoms with Crippen molar-refractivity contribution < 1.29 is 4.79 Å². The molecule has 0 aliphatic rings. The third-order valence-corrected chi connectivity index (χ3v) is 3.72. The normalized spacial score (nSPS) is 12.5. The maximum atomic E-state index is 11.1. The summed E-state index contributed by atoms with van der Waals surface area (Å²) in [7, 11) is 0. The Morgan fingerprint density at radius 1 is 1.61 bits per heavy atom. The zero-order valence-electron chi connectivity index (χ0n) is 10.2. The Bertz CT molecular complexity index is 591. The summed E-state index contributed by atoms with van der Waals surface area (Å²) in [5, 5.41) is 0.493. The molecule has 1 amide bonds. The second kappa shape index (κ2) is 5.27. The van der Waals surface area contributed by atoms with Gasteiger partial charge in [-0.15, -0.1) is 6.58 Å². The monoisotopic (exact) mass is 261 g/mol. The molecule has 1 aromatic heterocycles. The summed E-state index contributed by atoms with van der Waals surface area (Å²) >= 11 is 1.37. The number of imidazole rings is 1. The Hall–Kier alpha value is -1.75. The van der Waals surface area contributed by atoms with E-state index in [2.05, 4.69) is 11.6 Å². The molecule has 0 bridgehead atoms. The smallest absolute Gasteiger partial charge is 0.230 e. The third-order valence-electron chi connectivity index (χ3n) is 2.61. The van der Waals surface area contributed by atoms with E-state index in [-0.39, 0.29) is 11.2 Å². The molecule has 1 atom stereocenters. The van der Waals surface area contributed by atoms with Crippen molar-refractivity contribution in [2.45, 2.75) is 23.9 Å². The summed E-state index contributed by atoms with van der Waals surface area (Å²) in [6, 6.07) is 7.87. The van der Waals surface area contributed by atoms with Crippen LogP contribution in [0.25, 0.3) is 11.0 Å². The molecule has 2 N–H and O–H groups in total. The molecular weight excluding hydrogens is 246 g/mol. The number of carbonyl (C=O) groups excluding carboxylic acids is 1. The maximum Gasteiger partial charge on any atom is 0.230 e. The van der Waals surface area contributed by atoms with Crippen molar-refractivity contribution in [2.24, 2.45) is 5.73 Å². The minimum atomic E-state index is -0.336. The lowest BCUT2D eigenvalue weighted by molar-refractivity contribution is -0.117. The van der Waals surface area contributed by atoms with Gasteiger partial charge in [-0.3, -0.25) is 4.79 Å². The molecule has 0 aliphatic carbocycles. The van der Waals surface area contributed by atoms with E-state index >= 15 is 0 Å². The first-order chi connectivity index (χ1) is 8.63. The number of aromatic nitrogens is 2. The van der Waals surface area contributed by atoms with Crippen LogP contribution in [-0.2, 0) is 11.3 Å². The van der Waals surface area contributed by atoms with E-state index in [1.807, 2.05) is 34.9 Å². The Kier molecular flexibility index (Phi) is 3.72. The van der Waals surface area contributed by atoms with E-state index in [0.29, 0.717) is 6.54 Å². The number of fused-ring (bicyclic) bond motifs is 1. The molecule has 5 heteroatoms. The van der Waals surface area contributed by atoms with Crippen LogP contribution in [0.5, 0.6) is 0 Å². The van der Waals surface area contributed by atoms with Crippen molar-refractivity contribution in [2.75, 3.05) is 0 Å². The van der Waals surface area contributed by atoms with Gasteiger partial charge in [0.1, 0.15) is 0 Å². The van der Waals surface area contributed by atoms with Gasteiger partial charge in [0.05, 0.1) is 16.3 Å². The van der Waals surface area contributed by atoms with Crippen molar-refractivity contribution in [1.82, 2.24) is 9.55 Å². The molecule has 0 saturated heterocycles. The summed E-state index contributed by atoms with van der Waals surface area (Å²) in [5.74, 6) is -0.336. The molecule has 0 radical (unpaired) electrons. The Morgan fingerprint density at radius 2 is 2.33 bits per heavy atom. The standard InChI is InChI=1S/C13H15N3OS/c1-3-8-16-11-7-5-4-6-10(11)15-13(16)18-9(2)12(14)17/h3-7,9H,1,8H2,2H3,(H2,14,17)/t9-/m0/s1. The molecule has 1 aromatic carbocycles. The van der Waals surface area contributed by atoms with Crippen LogP contribution < -0.4 is 5.73 Å². The van der Waals surface area contributed by atoms with E-state index in [1.54, 1.807) is 6.92 Å². The SMILES string of the molecule is C=CCn1c(S[C@@H](C)C(N)=O)nc2ccccc21. The van der Waals surface area contributed by atoms with Crippen molar-refractivity contribution in [3.8, 4) is 0 Å². The van der Waals surface area contributed by atoms with Crippen LogP contribution in [0.15, 0.2) is 42.1 Å². The highest BCUT2D eigenvalue weighted by Gasteiger charge is 2.16. The van der Waals surface area contributed by atoms with Crippen LogP contribution in [0.1, 0.15) is 6.92 Å². The van der Waals surface area contributed by atoms with Gasteiger partial charge in [-0.25, -0.2) is 4.98 Å².